The Bertz CT molecular complexity index is 436. The lowest BCUT2D eigenvalue weighted by atomic mass is 10.0. The van der Waals surface area contributed by atoms with Crippen molar-refractivity contribution in [2.24, 2.45) is 5.92 Å². The molecule has 0 bridgehead atoms. The van der Waals surface area contributed by atoms with Crippen molar-refractivity contribution in [2.45, 2.75) is 26.4 Å². The molecule has 1 amide bonds. The van der Waals surface area contributed by atoms with Crippen LogP contribution in [0.15, 0.2) is 18.3 Å². The summed E-state index contributed by atoms with van der Waals surface area (Å²) < 4.78 is 5.38. The summed E-state index contributed by atoms with van der Waals surface area (Å²) in [4.78, 5) is 16.4. The Hall–Kier alpha value is -1.46. The first-order valence-corrected chi connectivity index (χ1v) is 6.71. The molecule has 2 heterocycles. The number of nitrogens with one attached hydrogen (secondary N) is 2. The van der Waals surface area contributed by atoms with Gasteiger partial charge in [-0.2, -0.15) is 0 Å². The molecule has 5 heteroatoms. The predicted molar refractivity (Wildman–Crippen MR) is 72.6 cm³/mol. The molecule has 0 radical (unpaired) electrons. The second-order valence-corrected chi connectivity index (χ2v) is 4.79. The van der Waals surface area contributed by atoms with Crippen LogP contribution in [0.1, 0.15) is 18.2 Å². The SMILES string of the molecule is CCNC1COCC1C(=O)NCc1ncccc1C. The molecule has 2 rings (SSSR count). The summed E-state index contributed by atoms with van der Waals surface area (Å²) in [6, 6.07) is 4.01. The average Bonchev–Trinajstić information content (AvgIpc) is 2.86. The molecule has 2 unspecified atom stereocenters. The van der Waals surface area contributed by atoms with Crippen LogP contribution in [-0.2, 0) is 16.1 Å². The third-order valence-electron chi connectivity index (χ3n) is 3.43. The molecule has 104 valence electrons. The van der Waals surface area contributed by atoms with Gasteiger partial charge in [-0.25, -0.2) is 0 Å². The van der Waals surface area contributed by atoms with Crippen LogP contribution < -0.4 is 10.6 Å². The van der Waals surface area contributed by atoms with Gasteiger partial charge in [0.1, 0.15) is 0 Å². The molecule has 1 aliphatic heterocycles. The lowest BCUT2D eigenvalue weighted by molar-refractivity contribution is -0.125. The Balaban J connectivity index is 1.89. The zero-order chi connectivity index (χ0) is 13.7. The lowest BCUT2D eigenvalue weighted by Gasteiger charge is -2.17. The van der Waals surface area contributed by atoms with E-state index < -0.39 is 0 Å². The highest BCUT2D eigenvalue weighted by Gasteiger charge is 2.33. The van der Waals surface area contributed by atoms with Crippen LogP contribution in [0.5, 0.6) is 0 Å². The zero-order valence-electron chi connectivity index (χ0n) is 11.5. The average molecular weight is 263 g/mol. The normalized spacial score (nSPS) is 22.4. The quantitative estimate of drug-likeness (QED) is 0.818. The smallest absolute Gasteiger partial charge is 0.227 e. The van der Waals surface area contributed by atoms with E-state index in [0.717, 1.165) is 17.8 Å². The number of nitrogens with zero attached hydrogens (tertiary/aromatic N) is 1. The Labute approximate surface area is 113 Å². The van der Waals surface area contributed by atoms with Gasteiger partial charge in [0, 0.05) is 12.2 Å². The maximum absolute atomic E-state index is 12.2. The summed E-state index contributed by atoms with van der Waals surface area (Å²) in [5.74, 6) is -0.0718. The van der Waals surface area contributed by atoms with Gasteiger partial charge in [-0.1, -0.05) is 13.0 Å². The first-order chi connectivity index (χ1) is 9.22. The first kappa shape index (κ1) is 14.0. The van der Waals surface area contributed by atoms with E-state index in [1.165, 1.54) is 0 Å². The maximum Gasteiger partial charge on any atom is 0.227 e. The van der Waals surface area contributed by atoms with Crippen LogP contribution in [-0.4, -0.2) is 36.7 Å². The van der Waals surface area contributed by atoms with Gasteiger partial charge in [0.15, 0.2) is 0 Å². The number of aryl methyl sites for hydroxylation is 1. The number of likely N-dealkylation sites (N-methyl/N-ethyl adjacent to an activating group) is 1. The van der Waals surface area contributed by atoms with Crippen molar-refractivity contribution in [3.05, 3.63) is 29.6 Å². The molecule has 1 aromatic heterocycles. The minimum atomic E-state index is -0.107. The van der Waals surface area contributed by atoms with Gasteiger partial charge >= 0.3 is 0 Å². The minimum absolute atomic E-state index is 0.0357. The van der Waals surface area contributed by atoms with E-state index >= 15 is 0 Å². The summed E-state index contributed by atoms with van der Waals surface area (Å²) in [5.41, 5.74) is 2.00. The summed E-state index contributed by atoms with van der Waals surface area (Å²) in [6.07, 6.45) is 1.74. The summed E-state index contributed by atoms with van der Waals surface area (Å²) >= 11 is 0. The Morgan fingerprint density at radius 3 is 3.11 bits per heavy atom. The fourth-order valence-electron chi connectivity index (χ4n) is 2.28. The Kier molecular flexibility index (Phi) is 4.87. The first-order valence-electron chi connectivity index (χ1n) is 6.71. The second-order valence-electron chi connectivity index (χ2n) is 4.79. The molecule has 1 aliphatic rings. The fraction of sp³-hybridized carbons (Fsp3) is 0.571. The molecule has 1 aromatic rings. The van der Waals surface area contributed by atoms with Gasteiger partial charge in [-0.3, -0.25) is 9.78 Å². The third kappa shape index (κ3) is 3.52. The highest BCUT2D eigenvalue weighted by Crippen LogP contribution is 2.14. The summed E-state index contributed by atoms with van der Waals surface area (Å²) in [7, 11) is 0. The van der Waals surface area contributed by atoms with E-state index in [-0.39, 0.29) is 17.9 Å². The monoisotopic (exact) mass is 263 g/mol. The molecule has 2 N–H and O–H groups in total. The fourth-order valence-corrected chi connectivity index (χ4v) is 2.28. The van der Waals surface area contributed by atoms with E-state index in [1.54, 1.807) is 6.20 Å². The number of carbonyl (C=O) groups is 1. The number of carbonyl (C=O) groups excluding carboxylic acids is 1. The number of ether oxygens (including phenoxy) is 1. The zero-order valence-corrected chi connectivity index (χ0v) is 11.5. The van der Waals surface area contributed by atoms with Crippen molar-refractivity contribution >= 4 is 5.91 Å². The van der Waals surface area contributed by atoms with Crippen molar-refractivity contribution in [1.29, 1.82) is 0 Å². The Morgan fingerprint density at radius 2 is 2.37 bits per heavy atom. The number of pyridine rings is 1. The highest BCUT2D eigenvalue weighted by atomic mass is 16.5. The third-order valence-corrected chi connectivity index (χ3v) is 3.43. The van der Waals surface area contributed by atoms with Crippen molar-refractivity contribution in [3.63, 3.8) is 0 Å². The Morgan fingerprint density at radius 1 is 1.53 bits per heavy atom. The second kappa shape index (κ2) is 6.63. The highest BCUT2D eigenvalue weighted by molar-refractivity contribution is 5.79. The number of rotatable bonds is 5. The van der Waals surface area contributed by atoms with E-state index in [0.29, 0.717) is 19.8 Å². The van der Waals surface area contributed by atoms with E-state index in [2.05, 4.69) is 15.6 Å². The standard InChI is InChI=1S/C14H21N3O2/c1-3-15-13-9-19-8-11(13)14(18)17-7-12-10(2)5-4-6-16-12/h4-6,11,13,15H,3,7-9H2,1-2H3,(H,17,18). The maximum atomic E-state index is 12.2. The van der Waals surface area contributed by atoms with Gasteiger partial charge in [0.25, 0.3) is 0 Å². The van der Waals surface area contributed by atoms with Crippen LogP contribution >= 0.6 is 0 Å². The molecule has 1 fully saturated rings. The van der Waals surface area contributed by atoms with Crippen molar-refractivity contribution in [2.75, 3.05) is 19.8 Å². The van der Waals surface area contributed by atoms with Crippen LogP contribution in [0.25, 0.3) is 0 Å². The molecular formula is C14H21N3O2. The largest absolute Gasteiger partial charge is 0.379 e. The van der Waals surface area contributed by atoms with Gasteiger partial charge in [-0.15, -0.1) is 0 Å². The molecule has 19 heavy (non-hydrogen) atoms. The number of hydrogen-bond acceptors (Lipinski definition) is 4. The van der Waals surface area contributed by atoms with Crippen molar-refractivity contribution in [1.82, 2.24) is 15.6 Å². The van der Waals surface area contributed by atoms with Gasteiger partial charge in [0.2, 0.25) is 5.91 Å². The number of hydrogen-bond donors (Lipinski definition) is 2. The van der Waals surface area contributed by atoms with E-state index in [9.17, 15) is 4.79 Å². The van der Waals surface area contributed by atoms with Crippen LogP contribution in [0.2, 0.25) is 0 Å². The van der Waals surface area contributed by atoms with Crippen molar-refractivity contribution in [3.8, 4) is 0 Å². The number of aromatic nitrogens is 1. The molecule has 0 aromatic carbocycles. The molecule has 0 aliphatic carbocycles. The molecule has 5 nitrogen and oxygen atoms in total. The van der Waals surface area contributed by atoms with Crippen LogP contribution in [0.4, 0.5) is 0 Å². The molecule has 0 saturated carbocycles. The van der Waals surface area contributed by atoms with E-state index in [1.807, 2.05) is 26.0 Å². The van der Waals surface area contributed by atoms with Crippen LogP contribution in [0.3, 0.4) is 0 Å². The molecule has 1 saturated heterocycles. The van der Waals surface area contributed by atoms with Gasteiger partial charge < -0.3 is 15.4 Å². The molecule has 0 spiro atoms. The predicted octanol–water partition coefficient (Wildman–Crippen LogP) is 0.631. The van der Waals surface area contributed by atoms with Gasteiger partial charge in [0.05, 0.1) is 31.4 Å². The summed E-state index contributed by atoms with van der Waals surface area (Å²) in [5, 5.41) is 6.23. The van der Waals surface area contributed by atoms with Gasteiger partial charge in [-0.05, 0) is 25.1 Å². The van der Waals surface area contributed by atoms with Crippen LogP contribution in [0, 0.1) is 12.8 Å². The molecule has 2 atom stereocenters. The van der Waals surface area contributed by atoms with E-state index in [4.69, 9.17) is 4.74 Å². The number of amides is 1. The lowest BCUT2D eigenvalue weighted by Crippen LogP contribution is -2.43. The topological polar surface area (TPSA) is 63.2 Å². The minimum Gasteiger partial charge on any atom is -0.379 e. The van der Waals surface area contributed by atoms with Crippen molar-refractivity contribution < 1.29 is 9.53 Å². The summed E-state index contributed by atoms with van der Waals surface area (Å²) in [6.45, 7) is 6.44. The molecular weight excluding hydrogens is 242 g/mol.